The highest BCUT2D eigenvalue weighted by Gasteiger charge is 2.15. The van der Waals surface area contributed by atoms with Crippen molar-refractivity contribution in [2.45, 2.75) is 39.4 Å². The molecule has 5 aromatic rings. The number of alkyl carbamates (subject to hydrolysis) is 1. The minimum absolute atomic E-state index is 0.213. The molecule has 0 aliphatic carbocycles. The van der Waals surface area contributed by atoms with Crippen molar-refractivity contribution in [1.82, 2.24) is 24.4 Å². The van der Waals surface area contributed by atoms with Crippen molar-refractivity contribution in [2.75, 3.05) is 11.9 Å². The molecule has 2 N–H and O–H groups in total. The number of rotatable bonds is 7. The number of nitrogens with one attached hydrogen (secondary N) is 2. The second kappa shape index (κ2) is 9.93. The fraction of sp³-hybridized carbons (Fsp3) is 0.250. The van der Waals surface area contributed by atoms with Gasteiger partial charge in [0.1, 0.15) is 24.3 Å². The van der Waals surface area contributed by atoms with Crippen molar-refractivity contribution in [3.05, 3.63) is 84.7 Å². The average Bonchev–Trinajstić information content (AvgIpc) is 3.43. The number of fused-ring (bicyclic) bond motifs is 2. The van der Waals surface area contributed by atoms with Gasteiger partial charge in [0.25, 0.3) is 0 Å². The predicted molar refractivity (Wildman–Crippen MR) is 142 cm³/mol. The number of hydrogen-bond donors (Lipinski definition) is 2. The van der Waals surface area contributed by atoms with E-state index in [-0.39, 0.29) is 18.0 Å². The normalized spacial score (nSPS) is 11.7. The highest BCUT2D eigenvalue weighted by atomic mass is 19.1. The zero-order chi connectivity index (χ0) is 26.0. The monoisotopic (exact) mass is 500 g/mol. The van der Waals surface area contributed by atoms with Gasteiger partial charge in [-0.05, 0) is 68.8 Å². The number of carbonyl (C=O) groups excluding carboxylic acids is 1. The molecule has 0 bridgehead atoms. The highest BCUT2D eigenvalue weighted by Crippen LogP contribution is 2.27. The summed E-state index contributed by atoms with van der Waals surface area (Å²) in [7, 11) is 0. The van der Waals surface area contributed by atoms with Gasteiger partial charge >= 0.3 is 6.09 Å². The molecular weight excluding hydrogens is 471 g/mol. The van der Waals surface area contributed by atoms with E-state index in [0.29, 0.717) is 18.9 Å². The summed E-state index contributed by atoms with van der Waals surface area (Å²) in [4.78, 5) is 20.8. The second-order valence-corrected chi connectivity index (χ2v) is 9.95. The van der Waals surface area contributed by atoms with Crippen LogP contribution in [0.5, 0.6) is 0 Å². The van der Waals surface area contributed by atoms with Crippen LogP contribution in [0.3, 0.4) is 0 Å². The van der Waals surface area contributed by atoms with Crippen LogP contribution >= 0.6 is 0 Å². The van der Waals surface area contributed by atoms with Crippen LogP contribution in [0, 0.1) is 5.82 Å². The molecule has 37 heavy (non-hydrogen) atoms. The maximum atomic E-state index is 13.6. The molecule has 0 aliphatic rings. The molecular formula is C28H29FN6O2. The van der Waals surface area contributed by atoms with Gasteiger partial charge in [-0.25, -0.2) is 19.2 Å². The van der Waals surface area contributed by atoms with E-state index < -0.39 is 6.09 Å². The Morgan fingerprint density at radius 1 is 1.03 bits per heavy atom. The first-order valence-corrected chi connectivity index (χ1v) is 12.1. The van der Waals surface area contributed by atoms with Crippen LogP contribution in [-0.2, 0) is 17.8 Å². The summed E-state index contributed by atoms with van der Waals surface area (Å²) in [5, 5.41) is 7.25. The first-order valence-electron chi connectivity index (χ1n) is 12.1. The summed E-state index contributed by atoms with van der Waals surface area (Å²) < 4.78 is 23.0. The molecule has 0 unspecified atom stereocenters. The Hall–Kier alpha value is -4.40. The zero-order valence-corrected chi connectivity index (χ0v) is 21.0. The van der Waals surface area contributed by atoms with E-state index in [2.05, 4.69) is 31.2 Å². The molecule has 1 amide bonds. The van der Waals surface area contributed by atoms with Crippen molar-refractivity contribution in [3.8, 4) is 0 Å². The van der Waals surface area contributed by atoms with Crippen molar-refractivity contribution in [2.24, 2.45) is 0 Å². The smallest absolute Gasteiger partial charge is 0.407 e. The summed E-state index contributed by atoms with van der Waals surface area (Å²) in [6, 6.07) is 16.7. The molecule has 0 atom stereocenters. The number of ether oxygens (including phenoxy) is 1. The number of carbonyl (C=O) groups is 1. The Kier molecular flexibility index (Phi) is 6.52. The maximum absolute atomic E-state index is 13.6. The summed E-state index contributed by atoms with van der Waals surface area (Å²) in [6.45, 7) is 6.97. The molecule has 0 fully saturated rings. The third kappa shape index (κ3) is 5.72. The fourth-order valence-corrected chi connectivity index (χ4v) is 4.27. The molecule has 8 nitrogen and oxygen atoms in total. The SMILES string of the molecule is CC(C)(C)NC(=O)OCCn1ccc2ncnc(Nc3ccc4c(ccn4Cc4cccc(F)c4)c3)c21. The van der Waals surface area contributed by atoms with Gasteiger partial charge in [-0.3, -0.25) is 0 Å². The number of halogens is 1. The Bertz CT molecular complexity index is 1570. The van der Waals surface area contributed by atoms with Crippen LogP contribution in [0.2, 0.25) is 0 Å². The lowest BCUT2D eigenvalue weighted by Crippen LogP contribution is -2.41. The van der Waals surface area contributed by atoms with E-state index >= 15 is 0 Å². The van der Waals surface area contributed by atoms with E-state index in [4.69, 9.17) is 4.74 Å². The average molecular weight is 501 g/mol. The Morgan fingerprint density at radius 2 is 1.86 bits per heavy atom. The van der Waals surface area contributed by atoms with E-state index in [0.717, 1.165) is 33.2 Å². The van der Waals surface area contributed by atoms with Crippen molar-refractivity contribution in [3.63, 3.8) is 0 Å². The number of nitrogens with zero attached hydrogens (tertiary/aromatic N) is 4. The number of amides is 1. The third-order valence-corrected chi connectivity index (χ3v) is 5.87. The van der Waals surface area contributed by atoms with Crippen LogP contribution in [0.15, 0.2) is 73.3 Å². The number of benzene rings is 2. The van der Waals surface area contributed by atoms with Crippen LogP contribution in [0.25, 0.3) is 21.9 Å². The molecule has 0 radical (unpaired) electrons. The van der Waals surface area contributed by atoms with Gasteiger partial charge in [0.15, 0.2) is 5.82 Å². The van der Waals surface area contributed by atoms with Gasteiger partial charge in [0.2, 0.25) is 0 Å². The molecule has 5 rings (SSSR count). The number of anilines is 2. The molecule has 0 saturated carbocycles. The Morgan fingerprint density at radius 3 is 2.68 bits per heavy atom. The van der Waals surface area contributed by atoms with Gasteiger partial charge in [0.05, 0.1) is 12.1 Å². The van der Waals surface area contributed by atoms with E-state index in [1.54, 1.807) is 12.1 Å². The predicted octanol–water partition coefficient (Wildman–Crippen LogP) is 5.84. The van der Waals surface area contributed by atoms with E-state index in [1.165, 1.54) is 12.4 Å². The molecule has 0 spiro atoms. The van der Waals surface area contributed by atoms with Crippen molar-refractivity contribution in [1.29, 1.82) is 0 Å². The Labute approximate surface area is 214 Å². The molecule has 190 valence electrons. The van der Waals surface area contributed by atoms with E-state index in [9.17, 15) is 9.18 Å². The third-order valence-electron chi connectivity index (χ3n) is 5.87. The number of hydrogen-bond acceptors (Lipinski definition) is 5. The Balaban J connectivity index is 1.32. The molecule has 0 aliphatic heterocycles. The van der Waals surface area contributed by atoms with Gasteiger partial charge in [0, 0.05) is 41.1 Å². The topological polar surface area (TPSA) is 86.0 Å². The maximum Gasteiger partial charge on any atom is 0.407 e. The van der Waals surface area contributed by atoms with Crippen LogP contribution < -0.4 is 10.6 Å². The van der Waals surface area contributed by atoms with Gasteiger partial charge < -0.3 is 24.5 Å². The quantitative estimate of drug-likeness (QED) is 0.293. The standard InChI is InChI=1S/C28H29FN6O2/c1-28(2,3)33-27(36)37-14-13-34-12-10-23-25(34)26(31-18-30-23)32-22-7-8-24-20(16-22)9-11-35(24)17-19-5-4-6-21(29)15-19/h4-12,15-16,18H,13-14,17H2,1-3H3,(H,33,36)(H,30,31,32). The minimum Gasteiger partial charge on any atom is -0.448 e. The minimum atomic E-state index is -0.448. The van der Waals surface area contributed by atoms with Crippen LogP contribution in [0.1, 0.15) is 26.3 Å². The lowest BCUT2D eigenvalue weighted by atomic mass is 10.1. The van der Waals surface area contributed by atoms with Crippen LogP contribution in [0.4, 0.5) is 20.7 Å². The van der Waals surface area contributed by atoms with Gasteiger partial charge in [-0.1, -0.05) is 12.1 Å². The van der Waals surface area contributed by atoms with E-state index in [1.807, 2.05) is 68.1 Å². The molecule has 3 heterocycles. The molecule has 0 saturated heterocycles. The highest BCUT2D eigenvalue weighted by molar-refractivity contribution is 5.90. The summed E-state index contributed by atoms with van der Waals surface area (Å²) >= 11 is 0. The first kappa shape index (κ1) is 24.3. The summed E-state index contributed by atoms with van der Waals surface area (Å²) in [6.07, 6.45) is 4.99. The number of aromatic nitrogens is 4. The van der Waals surface area contributed by atoms with Gasteiger partial charge in [-0.15, -0.1) is 0 Å². The fourth-order valence-electron chi connectivity index (χ4n) is 4.27. The van der Waals surface area contributed by atoms with Gasteiger partial charge in [-0.2, -0.15) is 0 Å². The van der Waals surface area contributed by atoms with Crippen LogP contribution in [-0.4, -0.2) is 37.3 Å². The molecule has 2 aromatic carbocycles. The van der Waals surface area contributed by atoms with Crippen molar-refractivity contribution < 1.29 is 13.9 Å². The molecule has 9 heteroatoms. The lowest BCUT2D eigenvalue weighted by Gasteiger charge is -2.20. The summed E-state index contributed by atoms with van der Waals surface area (Å²) in [5.74, 6) is 0.425. The second-order valence-electron chi connectivity index (χ2n) is 9.95. The largest absolute Gasteiger partial charge is 0.448 e. The zero-order valence-electron chi connectivity index (χ0n) is 21.0. The van der Waals surface area contributed by atoms with Crippen molar-refractivity contribution >= 4 is 39.5 Å². The molecule has 3 aromatic heterocycles. The lowest BCUT2D eigenvalue weighted by molar-refractivity contribution is 0.134. The first-order chi connectivity index (χ1) is 17.7. The summed E-state index contributed by atoms with van der Waals surface area (Å²) in [5.41, 5.74) is 4.10.